The number of benzene rings is 1. The Labute approximate surface area is 113 Å². The van der Waals surface area contributed by atoms with Crippen LogP contribution in [0.4, 0.5) is 11.6 Å². The molecule has 0 saturated heterocycles. The smallest absolute Gasteiger partial charge is 0.260 e. The molecule has 0 bridgehead atoms. The molecule has 3 N–H and O–H groups in total. The van der Waals surface area contributed by atoms with Crippen LogP contribution < -0.4 is 11.1 Å². The van der Waals surface area contributed by atoms with Crippen molar-refractivity contribution < 1.29 is 4.79 Å². The maximum Gasteiger partial charge on any atom is 0.260 e. The van der Waals surface area contributed by atoms with Gasteiger partial charge in [-0.25, -0.2) is 9.97 Å². The van der Waals surface area contributed by atoms with Crippen LogP contribution in [0, 0.1) is 0 Å². The molecule has 0 aliphatic heterocycles. The van der Waals surface area contributed by atoms with E-state index in [9.17, 15) is 4.79 Å². The van der Waals surface area contributed by atoms with E-state index in [0.29, 0.717) is 5.02 Å². The second-order valence-corrected chi connectivity index (χ2v) is 4.15. The van der Waals surface area contributed by atoms with Gasteiger partial charge in [0.15, 0.2) is 0 Å². The summed E-state index contributed by atoms with van der Waals surface area (Å²) in [5, 5.41) is 3.03. The van der Waals surface area contributed by atoms with Crippen molar-refractivity contribution in [2.75, 3.05) is 11.1 Å². The zero-order valence-electron chi connectivity index (χ0n) is 9.02. The molecule has 0 aliphatic rings. The lowest BCUT2D eigenvalue weighted by Crippen LogP contribution is -2.16. The molecule has 0 fully saturated rings. The van der Waals surface area contributed by atoms with Gasteiger partial charge < -0.3 is 5.73 Å². The van der Waals surface area contributed by atoms with E-state index in [2.05, 4.69) is 15.3 Å². The highest BCUT2D eigenvalue weighted by atomic mass is 35.5. The summed E-state index contributed by atoms with van der Waals surface area (Å²) in [6.45, 7) is 0. The SMILES string of the molecule is Nc1c(Cl)cccc1C(=O)Nc1nccc(Cl)n1. The van der Waals surface area contributed by atoms with Crippen LogP contribution in [-0.2, 0) is 0 Å². The molecule has 0 spiro atoms. The number of para-hydroxylation sites is 1. The largest absolute Gasteiger partial charge is 0.397 e. The average molecular weight is 283 g/mol. The molecule has 0 atom stereocenters. The third-order valence-corrected chi connectivity index (χ3v) is 2.68. The second-order valence-electron chi connectivity index (χ2n) is 3.36. The first-order valence-corrected chi connectivity index (χ1v) is 5.67. The molecule has 1 aromatic heterocycles. The van der Waals surface area contributed by atoms with Gasteiger partial charge in [-0.2, -0.15) is 0 Å². The first-order chi connectivity index (χ1) is 8.58. The number of carbonyl (C=O) groups is 1. The van der Waals surface area contributed by atoms with E-state index in [4.69, 9.17) is 28.9 Å². The number of halogens is 2. The minimum absolute atomic E-state index is 0.104. The van der Waals surface area contributed by atoms with Crippen molar-refractivity contribution in [2.45, 2.75) is 0 Å². The Hall–Kier alpha value is -1.85. The summed E-state index contributed by atoms with van der Waals surface area (Å²) in [6, 6.07) is 6.29. The molecule has 0 aliphatic carbocycles. The Morgan fingerprint density at radius 2 is 2.06 bits per heavy atom. The van der Waals surface area contributed by atoms with Gasteiger partial charge >= 0.3 is 0 Å². The zero-order valence-corrected chi connectivity index (χ0v) is 10.5. The number of amides is 1. The van der Waals surface area contributed by atoms with Gasteiger partial charge in [0.2, 0.25) is 5.95 Å². The van der Waals surface area contributed by atoms with Crippen LogP contribution in [0.25, 0.3) is 0 Å². The van der Waals surface area contributed by atoms with E-state index >= 15 is 0 Å². The Morgan fingerprint density at radius 3 is 2.78 bits per heavy atom. The van der Waals surface area contributed by atoms with Crippen molar-refractivity contribution in [1.29, 1.82) is 0 Å². The maximum absolute atomic E-state index is 11.9. The van der Waals surface area contributed by atoms with Gasteiger partial charge in [-0.1, -0.05) is 29.3 Å². The Kier molecular flexibility index (Phi) is 3.64. The summed E-state index contributed by atoms with van der Waals surface area (Å²) in [6.07, 6.45) is 1.44. The molecule has 2 rings (SSSR count). The molecule has 18 heavy (non-hydrogen) atoms. The number of nitrogens with zero attached hydrogens (tertiary/aromatic N) is 2. The molecule has 1 aromatic carbocycles. The molecule has 2 aromatic rings. The predicted molar refractivity (Wildman–Crippen MR) is 70.9 cm³/mol. The van der Waals surface area contributed by atoms with Gasteiger partial charge in [-0.3, -0.25) is 10.1 Å². The van der Waals surface area contributed by atoms with Crippen LogP contribution in [0.2, 0.25) is 10.2 Å². The van der Waals surface area contributed by atoms with Crippen LogP contribution in [0.15, 0.2) is 30.5 Å². The van der Waals surface area contributed by atoms with Gasteiger partial charge in [-0.15, -0.1) is 0 Å². The minimum Gasteiger partial charge on any atom is -0.397 e. The predicted octanol–water partition coefficient (Wildman–Crippen LogP) is 2.62. The molecule has 1 heterocycles. The van der Waals surface area contributed by atoms with E-state index in [-0.39, 0.29) is 22.4 Å². The number of nitrogen functional groups attached to an aromatic ring is 1. The van der Waals surface area contributed by atoms with E-state index < -0.39 is 5.91 Å². The highest BCUT2D eigenvalue weighted by molar-refractivity contribution is 6.34. The Bertz CT molecular complexity index is 603. The fourth-order valence-corrected chi connectivity index (χ4v) is 1.61. The molecule has 1 amide bonds. The number of aromatic nitrogens is 2. The number of carbonyl (C=O) groups excluding carboxylic acids is 1. The van der Waals surface area contributed by atoms with Gasteiger partial charge in [0.05, 0.1) is 16.3 Å². The number of hydrogen-bond acceptors (Lipinski definition) is 4. The van der Waals surface area contributed by atoms with Crippen molar-refractivity contribution in [3.8, 4) is 0 Å². The third-order valence-electron chi connectivity index (χ3n) is 2.14. The zero-order chi connectivity index (χ0) is 13.1. The quantitative estimate of drug-likeness (QED) is 0.655. The molecule has 0 saturated carbocycles. The summed E-state index contributed by atoms with van der Waals surface area (Å²) >= 11 is 11.5. The standard InChI is InChI=1S/C11H8Cl2N4O/c12-7-3-1-2-6(9(7)14)10(18)17-11-15-5-4-8(13)16-11/h1-5H,14H2,(H,15,16,17,18). The van der Waals surface area contributed by atoms with Crippen molar-refractivity contribution in [3.63, 3.8) is 0 Å². The van der Waals surface area contributed by atoms with Gasteiger partial charge in [0.25, 0.3) is 5.91 Å². The molecule has 92 valence electrons. The topological polar surface area (TPSA) is 80.9 Å². The summed E-state index contributed by atoms with van der Waals surface area (Å²) in [5.41, 5.74) is 6.17. The van der Waals surface area contributed by atoms with E-state index in [1.165, 1.54) is 12.3 Å². The molecule has 5 nitrogen and oxygen atoms in total. The minimum atomic E-state index is -0.447. The lowest BCUT2D eigenvalue weighted by molar-refractivity contribution is 0.102. The van der Waals surface area contributed by atoms with Crippen LogP contribution >= 0.6 is 23.2 Å². The number of nitrogens with two attached hydrogens (primary N) is 1. The molecule has 0 unspecified atom stereocenters. The highest BCUT2D eigenvalue weighted by Gasteiger charge is 2.13. The second kappa shape index (κ2) is 5.20. The first kappa shape index (κ1) is 12.6. The van der Waals surface area contributed by atoms with Crippen molar-refractivity contribution in [2.24, 2.45) is 0 Å². The third kappa shape index (κ3) is 2.69. The lowest BCUT2D eigenvalue weighted by atomic mass is 10.1. The number of rotatable bonds is 2. The lowest BCUT2D eigenvalue weighted by Gasteiger charge is -2.07. The number of nitrogens with one attached hydrogen (secondary N) is 1. The Balaban J connectivity index is 2.25. The Morgan fingerprint density at radius 1 is 1.28 bits per heavy atom. The van der Waals surface area contributed by atoms with Crippen LogP contribution in [0.3, 0.4) is 0 Å². The van der Waals surface area contributed by atoms with Crippen molar-refractivity contribution >= 4 is 40.7 Å². The highest BCUT2D eigenvalue weighted by Crippen LogP contribution is 2.22. The number of hydrogen-bond donors (Lipinski definition) is 2. The number of anilines is 2. The van der Waals surface area contributed by atoms with E-state index in [1.54, 1.807) is 18.2 Å². The molecule has 7 heteroatoms. The van der Waals surface area contributed by atoms with E-state index in [0.717, 1.165) is 0 Å². The van der Waals surface area contributed by atoms with Crippen LogP contribution in [0.5, 0.6) is 0 Å². The summed E-state index contributed by atoms with van der Waals surface area (Å²) in [5.74, 6) is -0.343. The van der Waals surface area contributed by atoms with Gasteiger partial charge in [-0.05, 0) is 18.2 Å². The van der Waals surface area contributed by atoms with Crippen LogP contribution in [0.1, 0.15) is 10.4 Å². The molecular weight excluding hydrogens is 275 g/mol. The van der Waals surface area contributed by atoms with Crippen LogP contribution in [-0.4, -0.2) is 15.9 Å². The maximum atomic E-state index is 11.9. The average Bonchev–Trinajstić information content (AvgIpc) is 2.32. The molecule has 0 radical (unpaired) electrons. The van der Waals surface area contributed by atoms with E-state index in [1.807, 2.05) is 0 Å². The summed E-state index contributed by atoms with van der Waals surface area (Å²) < 4.78 is 0. The normalized spacial score (nSPS) is 10.1. The molecular formula is C11H8Cl2N4O. The summed E-state index contributed by atoms with van der Waals surface area (Å²) in [4.78, 5) is 19.6. The van der Waals surface area contributed by atoms with Crippen molar-refractivity contribution in [3.05, 3.63) is 46.2 Å². The van der Waals surface area contributed by atoms with Gasteiger partial charge in [0, 0.05) is 6.20 Å². The van der Waals surface area contributed by atoms with Gasteiger partial charge in [0.1, 0.15) is 5.15 Å². The summed E-state index contributed by atoms with van der Waals surface area (Å²) in [7, 11) is 0. The fourth-order valence-electron chi connectivity index (χ4n) is 1.30. The monoisotopic (exact) mass is 282 g/mol. The first-order valence-electron chi connectivity index (χ1n) is 4.92. The van der Waals surface area contributed by atoms with Crippen molar-refractivity contribution in [1.82, 2.24) is 9.97 Å². The fraction of sp³-hybridized carbons (Fsp3) is 0.